The Hall–Kier alpha value is -3.84. The van der Waals surface area contributed by atoms with Gasteiger partial charge in [-0.3, -0.25) is 4.79 Å². The van der Waals surface area contributed by atoms with Crippen LogP contribution in [0.3, 0.4) is 0 Å². The minimum absolute atomic E-state index is 0.00868. The Kier molecular flexibility index (Phi) is 7.94. The lowest BCUT2D eigenvalue weighted by molar-refractivity contribution is -0.138. The average Bonchev–Trinajstić information content (AvgIpc) is 3.63. The van der Waals surface area contributed by atoms with Gasteiger partial charge in [0.15, 0.2) is 11.6 Å². The van der Waals surface area contributed by atoms with Crippen molar-refractivity contribution in [3.05, 3.63) is 95.6 Å². The average molecular weight is 515 g/mol. The SMILES string of the molecule is COc1cccc([C@H]2OC(c3ccc(OCCCO)cc3)=N[C@@]2(Cc2ccccc2)C(=O)N2CCCC2)c1. The number of hydrogen-bond acceptors (Lipinski definition) is 6. The lowest BCUT2D eigenvalue weighted by Gasteiger charge is -2.34. The van der Waals surface area contributed by atoms with Crippen molar-refractivity contribution in [2.75, 3.05) is 33.4 Å². The molecule has 1 N–H and O–H groups in total. The molecular formula is C31H34N2O5. The van der Waals surface area contributed by atoms with Crippen LogP contribution in [-0.2, 0) is 16.0 Å². The van der Waals surface area contributed by atoms with Gasteiger partial charge in [-0.2, -0.15) is 0 Å². The van der Waals surface area contributed by atoms with Gasteiger partial charge in [-0.05, 0) is 60.4 Å². The van der Waals surface area contributed by atoms with Crippen LogP contribution in [0.5, 0.6) is 11.5 Å². The van der Waals surface area contributed by atoms with E-state index in [1.165, 1.54) is 0 Å². The van der Waals surface area contributed by atoms with Gasteiger partial charge in [0.1, 0.15) is 11.5 Å². The fourth-order valence-electron chi connectivity index (χ4n) is 5.17. The Bertz CT molecular complexity index is 1250. The molecule has 2 heterocycles. The molecule has 0 aliphatic carbocycles. The minimum Gasteiger partial charge on any atom is -0.497 e. The third-order valence-electron chi connectivity index (χ3n) is 7.11. The molecule has 7 nitrogen and oxygen atoms in total. The lowest BCUT2D eigenvalue weighted by atomic mass is 9.81. The number of ether oxygens (including phenoxy) is 3. The Morgan fingerprint density at radius 3 is 2.50 bits per heavy atom. The molecule has 0 aromatic heterocycles. The van der Waals surface area contributed by atoms with E-state index in [-0.39, 0.29) is 12.5 Å². The Labute approximate surface area is 223 Å². The number of likely N-dealkylation sites (tertiary alicyclic amines) is 1. The fraction of sp³-hybridized carbons (Fsp3) is 0.355. The van der Waals surface area contributed by atoms with Crippen LogP contribution in [0, 0.1) is 0 Å². The Morgan fingerprint density at radius 1 is 1.03 bits per heavy atom. The highest BCUT2D eigenvalue weighted by Gasteiger charge is 2.55. The second-order valence-corrected chi connectivity index (χ2v) is 9.73. The van der Waals surface area contributed by atoms with E-state index >= 15 is 0 Å². The second-order valence-electron chi connectivity index (χ2n) is 9.73. The number of methoxy groups -OCH3 is 1. The maximum atomic E-state index is 14.4. The van der Waals surface area contributed by atoms with Crippen molar-refractivity contribution >= 4 is 11.8 Å². The van der Waals surface area contributed by atoms with E-state index in [1.54, 1.807) is 7.11 Å². The summed E-state index contributed by atoms with van der Waals surface area (Å²) in [5, 5.41) is 9.01. The normalized spacial score (nSPS) is 20.6. The number of nitrogens with zero attached hydrogens (tertiary/aromatic N) is 2. The summed E-state index contributed by atoms with van der Waals surface area (Å²) in [6.45, 7) is 1.98. The number of aliphatic hydroxyl groups is 1. The molecule has 0 unspecified atom stereocenters. The quantitative estimate of drug-likeness (QED) is 0.401. The zero-order valence-electron chi connectivity index (χ0n) is 21.7. The minimum atomic E-state index is -1.16. The van der Waals surface area contributed by atoms with E-state index in [2.05, 4.69) is 0 Å². The van der Waals surface area contributed by atoms with Crippen molar-refractivity contribution in [3.63, 3.8) is 0 Å². The first-order valence-electron chi connectivity index (χ1n) is 13.2. The molecule has 0 spiro atoms. The summed E-state index contributed by atoms with van der Waals surface area (Å²) in [5.41, 5.74) is 1.48. The van der Waals surface area contributed by atoms with E-state index in [4.69, 9.17) is 24.3 Å². The molecule has 3 aromatic carbocycles. The summed E-state index contributed by atoms with van der Waals surface area (Å²) < 4.78 is 17.8. The van der Waals surface area contributed by atoms with E-state index in [0.717, 1.165) is 42.6 Å². The largest absolute Gasteiger partial charge is 0.497 e. The summed E-state index contributed by atoms with van der Waals surface area (Å²) in [4.78, 5) is 21.4. The zero-order valence-corrected chi connectivity index (χ0v) is 21.7. The van der Waals surface area contributed by atoms with Gasteiger partial charge >= 0.3 is 0 Å². The molecule has 0 bridgehead atoms. The summed E-state index contributed by atoms with van der Waals surface area (Å²) in [5.74, 6) is 1.83. The predicted molar refractivity (Wildman–Crippen MR) is 146 cm³/mol. The van der Waals surface area contributed by atoms with Crippen LogP contribution in [0.1, 0.15) is 42.1 Å². The summed E-state index contributed by atoms with van der Waals surface area (Å²) >= 11 is 0. The molecule has 5 rings (SSSR count). The summed E-state index contributed by atoms with van der Waals surface area (Å²) in [6.07, 6.45) is 2.34. The fourth-order valence-corrected chi connectivity index (χ4v) is 5.17. The molecule has 198 valence electrons. The van der Waals surface area contributed by atoms with Gasteiger partial charge in [0.2, 0.25) is 5.90 Å². The van der Waals surface area contributed by atoms with Crippen molar-refractivity contribution in [1.29, 1.82) is 0 Å². The number of carbonyl (C=O) groups excluding carboxylic acids is 1. The Balaban J connectivity index is 1.58. The highest BCUT2D eigenvalue weighted by atomic mass is 16.5. The molecule has 0 saturated carbocycles. The van der Waals surface area contributed by atoms with Crippen molar-refractivity contribution in [1.82, 2.24) is 4.90 Å². The number of amides is 1. The number of benzene rings is 3. The number of rotatable bonds is 10. The van der Waals surface area contributed by atoms with Gasteiger partial charge in [-0.15, -0.1) is 0 Å². The van der Waals surface area contributed by atoms with Crippen LogP contribution < -0.4 is 9.47 Å². The molecule has 2 atom stereocenters. The van der Waals surface area contributed by atoms with Gasteiger partial charge in [-0.1, -0.05) is 42.5 Å². The highest BCUT2D eigenvalue weighted by molar-refractivity contribution is 6.01. The first-order valence-corrected chi connectivity index (χ1v) is 13.2. The maximum absolute atomic E-state index is 14.4. The van der Waals surface area contributed by atoms with Crippen LogP contribution in [0.4, 0.5) is 0 Å². The van der Waals surface area contributed by atoms with Crippen molar-refractivity contribution in [3.8, 4) is 11.5 Å². The standard InChI is InChI=1S/C31H34N2O5/c1-36-27-12-7-11-25(21-27)28-31(22-23-9-3-2-4-10-23,30(35)33-17-5-6-18-33)32-29(38-28)24-13-15-26(16-14-24)37-20-8-19-34/h2-4,7,9-16,21,28,34H,5-6,8,17-20,22H2,1H3/t28-,31-/m1/s1. The highest BCUT2D eigenvalue weighted by Crippen LogP contribution is 2.44. The molecular weight excluding hydrogens is 480 g/mol. The van der Waals surface area contributed by atoms with E-state index < -0.39 is 11.6 Å². The van der Waals surface area contributed by atoms with Gasteiger partial charge in [0.05, 0.1) is 13.7 Å². The van der Waals surface area contributed by atoms with E-state index in [0.29, 0.717) is 36.8 Å². The topological polar surface area (TPSA) is 80.6 Å². The number of carbonyl (C=O) groups is 1. The molecule has 1 amide bonds. The molecule has 2 aliphatic rings. The van der Waals surface area contributed by atoms with Gasteiger partial charge in [0, 0.05) is 38.1 Å². The van der Waals surface area contributed by atoms with Crippen molar-refractivity contribution in [2.45, 2.75) is 37.3 Å². The third kappa shape index (κ3) is 5.38. The van der Waals surface area contributed by atoms with Crippen molar-refractivity contribution in [2.24, 2.45) is 4.99 Å². The van der Waals surface area contributed by atoms with Crippen LogP contribution in [0.2, 0.25) is 0 Å². The predicted octanol–water partition coefficient (Wildman–Crippen LogP) is 4.58. The van der Waals surface area contributed by atoms with Crippen molar-refractivity contribution < 1.29 is 24.1 Å². The Morgan fingerprint density at radius 2 is 1.79 bits per heavy atom. The summed E-state index contributed by atoms with van der Waals surface area (Å²) in [6, 6.07) is 25.2. The smallest absolute Gasteiger partial charge is 0.255 e. The molecule has 2 aliphatic heterocycles. The first kappa shape index (κ1) is 25.8. The number of aliphatic imine (C=N–C) groups is 1. The number of hydrogen-bond donors (Lipinski definition) is 1. The third-order valence-corrected chi connectivity index (χ3v) is 7.11. The monoisotopic (exact) mass is 514 g/mol. The maximum Gasteiger partial charge on any atom is 0.255 e. The molecule has 1 fully saturated rings. The second kappa shape index (κ2) is 11.7. The van der Waals surface area contributed by atoms with Crippen LogP contribution in [-0.4, -0.2) is 60.8 Å². The molecule has 0 radical (unpaired) electrons. The van der Waals surface area contributed by atoms with Gasteiger partial charge in [-0.25, -0.2) is 4.99 Å². The molecule has 7 heteroatoms. The number of aliphatic hydroxyl groups excluding tert-OH is 1. The van der Waals surface area contributed by atoms with Crippen LogP contribution in [0.25, 0.3) is 0 Å². The van der Waals surface area contributed by atoms with E-state index in [9.17, 15) is 4.79 Å². The molecule has 38 heavy (non-hydrogen) atoms. The summed E-state index contributed by atoms with van der Waals surface area (Å²) in [7, 11) is 1.63. The van der Waals surface area contributed by atoms with Gasteiger partial charge < -0.3 is 24.2 Å². The molecule has 3 aromatic rings. The van der Waals surface area contributed by atoms with Crippen LogP contribution in [0.15, 0.2) is 83.9 Å². The first-order chi connectivity index (χ1) is 18.6. The van der Waals surface area contributed by atoms with E-state index in [1.807, 2.05) is 83.8 Å². The van der Waals surface area contributed by atoms with Gasteiger partial charge in [0.25, 0.3) is 5.91 Å². The van der Waals surface area contributed by atoms with Crippen LogP contribution >= 0.6 is 0 Å². The zero-order chi connectivity index (χ0) is 26.4. The molecule has 1 saturated heterocycles. The lowest BCUT2D eigenvalue weighted by Crippen LogP contribution is -2.50.